The molecule has 0 aliphatic carbocycles. The van der Waals surface area contributed by atoms with Crippen molar-refractivity contribution in [2.45, 2.75) is 24.5 Å². The van der Waals surface area contributed by atoms with Crippen molar-refractivity contribution in [3.05, 3.63) is 36.0 Å². The third-order valence-corrected chi connectivity index (χ3v) is 5.65. The van der Waals surface area contributed by atoms with Crippen molar-refractivity contribution in [2.75, 3.05) is 19.6 Å². The largest absolute Gasteiger partial charge is 0.473 e. The highest BCUT2D eigenvalue weighted by Crippen LogP contribution is 2.52. The minimum Gasteiger partial charge on any atom is -0.473 e. The smallest absolute Gasteiger partial charge is 0.170 e. The van der Waals surface area contributed by atoms with E-state index in [2.05, 4.69) is 45.3 Å². The average molecular weight is 295 g/mol. The number of H-pyrrole nitrogens is 1. The van der Waals surface area contributed by atoms with Crippen LogP contribution in [-0.4, -0.2) is 49.9 Å². The maximum atomic E-state index is 6.15. The number of ether oxygens (including phenoxy) is 1. The molecule has 2 aromatic rings. The van der Waals surface area contributed by atoms with E-state index in [0.29, 0.717) is 12.0 Å². The number of aromatic nitrogens is 1. The lowest BCUT2D eigenvalue weighted by molar-refractivity contribution is -0.129. The molecule has 0 amide bonds. The Morgan fingerprint density at radius 2 is 2.05 bits per heavy atom. The van der Waals surface area contributed by atoms with Crippen molar-refractivity contribution in [1.29, 1.82) is 0 Å². The van der Waals surface area contributed by atoms with Crippen LogP contribution >= 0.6 is 0 Å². The van der Waals surface area contributed by atoms with Crippen LogP contribution in [0.25, 0.3) is 10.9 Å². The summed E-state index contributed by atoms with van der Waals surface area (Å²) in [5.74, 6) is 0.628. The number of para-hydroxylation sites is 1. The molecule has 1 aromatic carbocycles. The minimum atomic E-state index is -0.137. The Kier molecular flexibility index (Phi) is 3.08. The number of hydrogen-bond acceptors (Lipinski definition) is 3. The van der Waals surface area contributed by atoms with Crippen LogP contribution in [0.5, 0.6) is 0 Å². The molecule has 22 heavy (non-hydrogen) atoms. The maximum Gasteiger partial charge on any atom is 0.170 e. The standard InChI is InChI=1S/C17H19N3O.BH3/c1-2-4-15-13(3-1)14(9-19-15)16-17(10-18-11-21-17)12-5-7-20(16)8-6-12;/h1-4,9,11-12,16,19H,5-8,10H2;1H3. The van der Waals surface area contributed by atoms with Gasteiger partial charge in [0.25, 0.3) is 0 Å². The van der Waals surface area contributed by atoms with Crippen LogP contribution in [0, 0.1) is 5.92 Å². The van der Waals surface area contributed by atoms with E-state index in [1.54, 1.807) is 6.40 Å². The first kappa shape index (κ1) is 13.9. The van der Waals surface area contributed by atoms with E-state index in [4.69, 9.17) is 4.74 Å². The summed E-state index contributed by atoms with van der Waals surface area (Å²) < 4.78 is 6.15. The lowest BCUT2D eigenvalue weighted by Gasteiger charge is -2.55. The molecule has 4 aliphatic heterocycles. The van der Waals surface area contributed by atoms with Gasteiger partial charge in [0.2, 0.25) is 0 Å². The zero-order valence-electron chi connectivity index (χ0n) is 12.0. The molecule has 114 valence electrons. The summed E-state index contributed by atoms with van der Waals surface area (Å²) in [4.78, 5) is 10.5. The van der Waals surface area contributed by atoms with Gasteiger partial charge in [-0.15, -0.1) is 0 Å². The van der Waals surface area contributed by atoms with Gasteiger partial charge in [0.15, 0.2) is 12.0 Å². The molecule has 4 aliphatic rings. The molecular formula is C17H22BN3O. The van der Waals surface area contributed by atoms with Crippen LogP contribution in [-0.2, 0) is 4.74 Å². The maximum absolute atomic E-state index is 6.15. The second-order valence-electron chi connectivity index (χ2n) is 6.52. The van der Waals surface area contributed by atoms with Crippen molar-refractivity contribution in [2.24, 2.45) is 10.9 Å². The second kappa shape index (κ2) is 4.88. The minimum absolute atomic E-state index is 0. The third-order valence-electron chi connectivity index (χ3n) is 5.65. The number of piperidine rings is 3. The fraction of sp³-hybridized carbons (Fsp3) is 0.471. The number of nitrogens with zero attached hydrogens (tertiary/aromatic N) is 2. The lowest BCUT2D eigenvalue weighted by atomic mass is 9.68. The molecule has 0 saturated carbocycles. The van der Waals surface area contributed by atoms with E-state index in [9.17, 15) is 0 Å². The van der Waals surface area contributed by atoms with E-state index in [-0.39, 0.29) is 14.0 Å². The molecular weight excluding hydrogens is 273 g/mol. The predicted octanol–water partition coefficient (Wildman–Crippen LogP) is 1.55. The molecule has 5 heteroatoms. The number of aliphatic imine (C=N–C) groups is 1. The van der Waals surface area contributed by atoms with Gasteiger partial charge in [0, 0.05) is 23.0 Å². The quantitative estimate of drug-likeness (QED) is 0.811. The number of hydrogen-bond donors (Lipinski definition) is 1. The molecule has 5 heterocycles. The molecule has 2 bridgehead atoms. The van der Waals surface area contributed by atoms with Crippen molar-refractivity contribution in [1.82, 2.24) is 9.88 Å². The Bertz CT molecular complexity index is 710. The number of rotatable bonds is 1. The monoisotopic (exact) mass is 295 g/mol. The first-order valence-corrected chi connectivity index (χ1v) is 7.85. The highest BCUT2D eigenvalue weighted by atomic mass is 16.5. The molecule has 4 nitrogen and oxygen atoms in total. The van der Waals surface area contributed by atoms with E-state index in [1.165, 1.54) is 42.4 Å². The fourth-order valence-corrected chi connectivity index (χ4v) is 4.69. The Labute approximate surface area is 132 Å². The molecule has 3 saturated heterocycles. The Balaban J connectivity index is 0.00000125. The number of aromatic amines is 1. The summed E-state index contributed by atoms with van der Waals surface area (Å²) in [6.07, 6.45) is 6.34. The van der Waals surface area contributed by atoms with Gasteiger partial charge in [0.05, 0.1) is 21.0 Å². The molecule has 2 unspecified atom stereocenters. The van der Waals surface area contributed by atoms with Crippen molar-refractivity contribution in [3.8, 4) is 0 Å². The number of fused-ring (bicyclic) bond motifs is 3. The summed E-state index contributed by atoms with van der Waals surface area (Å²) in [6, 6.07) is 8.89. The summed E-state index contributed by atoms with van der Waals surface area (Å²) in [6.45, 7) is 3.16. The van der Waals surface area contributed by atoms with Crippen molar-refractivity contribution < 1.29 is 4.74 Å². The molecule has 1 aromatic heterocycles. The first-order chi connectivity index (χ1) is 10.4. The van der Waals surface area contributed by atoms with Crippen LogP contribution in [0.4, 0.5) is 0 Å². The Morgan fingerprint density at radius 1 is 1.23 bits per heavy atom. The molecule has 3 fully saturated rings. The molecule has 1 spiro atoms. The molecule has 0 radical (unpaired) electrons. The second-order valence-corrected chi connectivity index (χ2v) is 6.52. The van der Waals surface area contributed by atoms with Gasteiger partial charge in [-0.3, -0.25) is 9.89 Å². The Hall–Kier alpha value is -1.75. The zero-order valence-corrected chi connectivity index (χ0v) is 12.0. The zero-order chi connectivity index (χ0) is 13.9. The average Bonchev–Trinajstić information content (AvgIpc) is 3.17. The molecule has 1 N–H and O–H groups in total. The summed E-state index contributed by atoms with van der Waals surface area (Å²) in [7, 11) is 0. The van der Waals surface area contributed by atoms with Crippen molar-refractivity contribution >= 4 is 25.7 Å². The fourth-order valence-electron chi connectivity index (χ4n) is 4.69. The van der Waals surface area contributed by atoms with Gasteiger partial charge in [-0.2, -0.15) is 0 Å². The molecule has 6 rings (SSSR count). The summed E-state index contributed by atoms with van der Waals surface area (Å²) in [5, 5.41) is 1.32. The van der Waals surface area contributed by atoms with Gasteiger partial charge in [-0.1, -0.05) is 18.2 Å². The van der Waals surface area contributed by atoms with Crippen LogP contribution < -0.4 is 0 Å². The topological polar surface area (TPSA) is 40.6 Å². The Morgan fingerprint density at radius 3 is 2.82 bits per heavy atom. The van der Waals surface area contributed by atoms with Gasteiger partial charge in [0.1, 0.15) is 0 Å². The van der Waals surface area contributed by atoms with E-state index < -0.39 is 0 Å². The molecule has 2 atom stereocenters. The van der Waals surface area contributed by atoms with Crippen LogP contribution in [0.1, 0.15) is 24.4 Å². The summed E-state index contributed by atoms with van der Waals surface area (Å²) in [5.41, 5.74) is 2.45. The van der Waals surface area contributed by atoms with Gasteiger partial charge < -0.3 is 9.72 Å². The van der Waals surface area contributed by atoms with Crippen LogP contribution in [0.15, 0.2) is 35.5 Å². The number of nitrogens with one attached hydrogen (secondary N) is 1. The normalized spacial score (nSPS) is 35.7. The van der Waals surface area contributed by atoms with Gasteiger partial charge >= 0.3 is 0 Å². The van der Waals surface area contributed by atoms with Gasteiger partial charge in [-0.25, -0.2) is 0 Å². The van der Waals surface area contributed by atoms with E-state index in [0.717, 1.165) is 6.54 Å². The third kappa shape index (κ3) is 1.66. The SMILES string of the molecule is B.C1=NCC2(O1)C1CCN(CC1)C2c1c[nH]c2ccccc12. The highest BCUT2D eigenvalue weighted by molar-refractivity contribution is 5.84. The van der Waals surface area contributed by atoms with E-state index >= 15 is 0 Å². The first-order valence-electron chi connectivity index (χ1n) is 7.85. The predicted molar refractivity (Wildman–Crippen MR) is 92.5 cm³/mol. The van der Waals surface area contributed by atoms with Crippen LogP contribution in [0.3, 0.4) is 0 Å². The van der Waals surface area contributed by atoms with E-state index in [1.807, 2.05) is 0 Å². The van der Waals surface area contributed by atoms with Gasteiger partial charge in [-0.05, 0) is 37.6 Å². The number of benzene rings is 1. The van der Waals surface area contributed by atoms with Crippen molar-refractivity contribution in [3.63, 3.8) is 0 Å². The highest BCUT2D eigenvalue weighted by Gasteiger charge is 2.57. The lowest BCUT2D eigenvalue weighted by Crippen LogP contribution is -2.62. The van der Waals surface area contributed by atoms with Crippen LogP contribution in [0.2, 0.25) is 0 Å². The summed E-state index contributed by atoms with van der Waals surface area (Å²) >= 11 is 0.